The van der Waals surface area contributed by atoms with Crippen molar-refractivity contribution in [3.05, 3.63) is 47.6 Å². The summed E-state index contributed by atoms with van der Waals surface area (Å²) in [5.74, 6) is 1.65. The van der Waals surface area contributed by atoms with Gasteiger partial charge in [0.25, 0.3) is 5.91 Å². The van der Waals surface area contributed by atoms with Crippen LogP contribution in [0.3, 0.4) is 0 Å². The van der Waals surface area contributed by atoms with Crippen LogP contribution in [0.4, 0.5) is 0 Å². The van der Waals surface area contributed by atoms with Gasteiger partial charge in [-0.05, 0) is 32.6 Å². The van der Waals surface area contributed by atoms with E-state index in [4.69, 9.17) is 0 Å². The molecule has 124 valence electrons. The van der Waals surface area contributed by atoms with E-state index in [2.05, 4.69) is 19.9 Å². The third-order valence-corrected chi connectivity index (χ3v) is 4.76. The molecular weight excluding hydrogens is 302 g/mol. The Kier molecular flexibility index (Phi) is 3.96. The number of likely N-dealkylation sites (tertiary alicyclic amines) is 1. The molecule has 2 aliphatic rings. The van der Waals surface area contributed by atoms with Crippen molar-refractivity contribution in [2.75, 3.05) is 13.1 Å². The van der Waals surface area contributed by atoms with E-state index in [0.29, 0.717) is 18.0 Å². The molecule has 0 radical (unpaired) electrons. The summed E-state index contributed by atoms with van der Waals surface area (Å²) in [4.78, 5) is 32.2. The van der Waals surface area contributed by atoms with Crippen LogP contribution in [0.25, 0.3) is 0 Å². The molecule has 0 spiro atoms. The fourth-order valence-electron chi connectivity index (χ4n) is 3.27. The van der Waals surface area contributed by atoms with E-state index in [9.17, 15) is 4.79 Å². The largest absolute Gasteiger partial charge is 0.338 e. The van der Waals surface area contributed by atoms with Gasteiger partial charge in [-0.25, -0.2) is 9.97 Å². The van der Waals surface area contributed by atoms with Crippen LogP contribution in [-0.4, -0.2) is 43.8 Å². The zero-order valence-electron chi connectivity index (χ0n) is 13.9. The maximum absolute atomic E-state index is 12.8. The molecule has 3 heterocycles. The maximum atomic E-state index is 12.8. The molecule has 0 N–H and O–H groups in total. The fraction of sp³-hybridized carbons (Fsp3) is 0.500. The normalized spacial score (nSPS) is 20.9. The summed E-state index contributed by atoms with van der Waals surface area (Å²) in [5.41, 5.74) is 2.48. The first-order valence-corrected chi connectivity index (χ1v) is 8.60. The lowest BCUT2D eigenvalue weighted by Gasteiger charge is -2.32. The van der Waals surface area contributed by atoms with E-state index in [0.717, 1.165) is 36.6 Å². The molecule has 1 saturated carbocycles. The first kappa shape index (κ1) is 15.2. The predicted molar refractivity (Wildman–Crippen MR) is 88.7 cm³/mol. The number of hydrogen-bond acceptors (Lipinski definition) is 5. The van der Waals surface area contributed by atoms with Crippen molar-refractivity contribution in [3.8, 4) is 0 Å². The molecule has 2 aromatic rings. The van der Waals surface area contributed by atoms with E-state index in [1.165, 1.54) is 12.8 Å². The maximum Gasteiger partial charge on any atom is 0.257 e. The van der Waals surface area contributed by atoms with Crippen molar-refractivity contribution in [1.82, 2.24) is 24.8 Å². The molecule has 1 amide bonds. The number of carbonyl (C=O) groups excluding carboxylic acids is 1. The van der Waals surface area contributed by atoms with Crippen molar-refractivity contribution in [2.24, 2.45) is 0 Å². The van der Waals surface area contributed by atoms with Gasteiger partial charge in [0.2, 0.25) is 0 Å². The highest BCUT2D eigenvalue weighted by Crippen LogP contribution is 2.37. The number of rotatable bonds is 3. The van der Waals surface area contributed by atoms with E-state index in [1.807, 2.05) is 18.0 Å². The Balaban J connectivity index is 1.47. The van der Waals surface area contributed by atoms with Gasteiger partial charge in [0, 0.05) is 49.7 Å². The Hall–Kier alpha value is -2.37. The van der Waals surface area contributed by atoms with E-state index in [-0.39, 0.29) is 11.8 Å². The molecule has 1 unspecified atom stereocenters. The zero-order valence-corrected chi connectivity index (χ0v) is 13.9. The van der Waals surface area contributed by atoms with Crippen LogP contribution >= 0.6 is 0 Å². The SMILES string of the molecule is Cc1cncc(C2CCCN(C(=O)c3cnc(C4CC4)nc3)C2)n1. The smallest absolute Gasteiger partial charge is 0.257 e. The van der Waals surface area contributed by atoms with Crippen LogP contribution in [0.15, 0.2) is 24.8 Å². The summed E-state index contributed by atoms with van der Waals surface area (Å²) in [6.45, 7) is 3.40. The monoisotopic (exact) mass is 323 g/mol. The number of amides is 1. The van der Waals surface area contributed by atoms with Gasteiger partial charge in [-0.2, -0.15) is 0 Å². The van der Waals surface area contributed by atoms with Crippen molar-refractivity contribution in [3.63, 3.8) is 0 Å². The minimum atomic E-state index is 0.0164. The molecule has 2 aromatic heterocycles. The Morgan fingerprint density at radius 2 is 1.88 bits per heavy atom. The second-order valence-electron chi connectivity index (χ2n) is 6.78. The summed E-state index contributed by atoms with van der Waals surface area (Å²) in [6.07, 6.45) is 11.3. The van der Waals surface area contributed by atoms with Gasteiger partial charge >= 0.3 is 0 Å². The molecule has 6 nitrogen and oxygen atoms in total. The van der Waals surface area contributed by atoms with E-state index < -0.39 is 0 Å². The summed E-state index contributed by atoms with van der Waals surface area (Å²) < 4.78 is 0. The highest BCUT2D eigenvalue weighted by Gasteiger charge is 2.29. The van der Waals surface area contributed by atoms with Crippen LogP contribution in [0.1, 0.15) is 65.1 Å². The highest BCUT2D eigenvalue weighted by molar-refractivity contribution is 5.93. The number of aromatic nitrogens is 4. The minimum absolute atomic E-state index is 0.0164. The number of nitrogens with zero attached hydrogens (tertiary/aromatic N) is 5. The zero-order chi connectivity index (χ0) is 16.5. The van der Waals surface area contributed by atoms with Crippen molar-refractivity contribution in [1.29, 1.82) is 0 Å². The van der Waals surface area contributed by atoms with Gasteiger partial charge in [-0.15, -0.1) is 0 Å². The molecular formula is C18H21N5O. The lowest BCUT2D eigenvalue weighted by molar-refractivity contribution is 0.0705. The summed E-state index contributed by atoms with van der Waals surface area (Å²) in [7, 11) is 0. The lowest BCUT2D eigenvalue weighted by Crippen LogP contribution is -2.39. The van der Waals surface area contributed by atoms with E-state index in [1.54, 1.807) is 18.6 Å². The predicted octanol–water partition coefficient (Wildman–Crippen LogP) is 2.47. The van der Waals surface area contributed by atoms with Crippen molar-refractivity contribution < 1.29 is 4.79 Å². The Bertz CT molecular complexity index is 741. The molecule has 0 bridgehead atoms. The van der Waals surface area contributed by atoms with Crippen LogP contribution in [-0.2, 0) is 0 Å². The molecule has 6 heteroatoms. The van der Waals surface area contributed by atoms with Crippen LogP contribution in [0, 0.1) is 6.92 Å². The summed E-state index contributed by atoms with van der Waals surface area (Å²) >= 11 is 0. The van der Waals surface area contributed by atoms with Gasteiger partial charge < -0.3 is 4.90 Å². The molecule has 2 fully saturated rings. The third-order valence-electron chi connectivity index (χ3n) is 4.76. The number of carbonyl (C=O) groups is 1. The van der Waals surface area contributed by atoms with Crippen molar-refractivity contribution in [2.45, 2.75) is 44.4 Å². The first-order valence-electron chi connectivity index (χ1n) is 8.60. The Labute approximate surface area is 141 Å². The average Bonchev–Trinajstić information content (AvgIpc) is 3.47. The number of aryl methyl sites for hydroxylation is 1. The molecule has 4 rings (SSSR count). The second kappa shape index (κ2) is 6.26. The van der Waals surface area contributed by atoms with Gasteiger partial charge in [0.15, 0.2) is 0 Å². The summed E-state index contributed by atoms with van der Waals surface area (Å²) in [6, 6.07) is 0. The highest BCUT2D eigenvalue weighted by atomic mass is 16.2. The lowest BCUT2D eigenvalue weighted by atomic mass is 9.94. The number of hydrogen-bond donors (Lipinski definition) is 0. The molecule has 1 atom stereocenters. The molecule has 1 saturated heterocycles. The van der Waals surface area contributed by atoms with Gasteiger partial charge in [-0.3, -0.25) is 14.8 Å². The molecule has 1 aliphatic heterocycles. The van der Waals surface area contributed by atoms with Gasteiger partial charge in [0.1, 0.15) is 5.82 Å². The van der Waals surface area contributed by atoms with Crippen LogP contribution in [0.2, 0.25) is 0 Å². The van der Waals surface area contributed by atoms with Gasteiger partial charge in [0.05, 0.1) is 17.0 Å². The standard InChI is InChI=1S/C18H21N5O/c1-12-7-19-10-16(22-12)14-3-2-6-23(11-14)18(24)15-8-20-17(21-9-15)13-4-5-13/h7-10,13-14H,2-6,11H2,1H3. The number of piperidine rings is 1. The minimum Gasteiger partial charge on any atom is -0.338 e. The Morgan fingerprint density at radius 1 is 1.08 bits per heavy atom. The van der Waals surface area contributed by atoms with Gasteiger partial charge in [-0.1, -0.05) is 0 Å². The molecule has 0 aromatic carbocycles. The molecule has 24 heavy (non-hydrogen) atoms. The second-order valence-corrected chi connectivity index (χ2v) is 6.78. The average molecular weight is 323 g/mol. The van der Waals surface area contributed by atoms with E-state index >= 15 is 0 Å². The van der Waals surface area contributed by atoms with Crippen LogP contribution < -0.4 is 0 Å². The quantitative estimate of drug-likeness (QED) is 0.867. The first-order chi connectivity index (χ1) is 11.7. The third kappa shape index (κ3) is 3.13. The van der Waals surface area contributed by atoms with Crippen molar-refractivity contribution >= 4 is 5.91 Å². The fourth-order valence-corrected chi connectivity index (χ4v) is 3.27. The molecule has 1 aliphatic carbocycles. The van der Waals surface area contributed by atoms with Crippen LogP contribution in [0.5, 0.6) is 0 Å². The topological polar surface area (TPSA) is 71.9 Å². The summed E-state index contributed by atoms with van der Waals surface area (Å²) in [5, 5.41) is 0. The Morgan fingerprint density at radius 3 is 2.58 bits per heavy atom.